The van der Waals surface area contributed by atoms with Gasteiger partial charge in [0.1, 0.15) is 18.3 Å². The number of para-hydroxylation sites is 1. The first-order chi connectivity index (χ1) is 21.6. The first-order valence-electron chi connectivity index (χ1n) is 14.8. The highest BCUT2D eigenvalue weighted by Gasteiger charge is 2.35. The van der Waals surface area contributed by atoms with Crippen LogP contribution in [-0.4, -0.2) is 50.4 Å². The number of benzene rings is 4. The van der Waals surface area contributed by atoms with Crippen molar-refractivity contribution in [2.45, 2.75) is 50.7 Å². The molecule has 0 heterocycles. The molecular formula is C35H38ClN3O5S. The third-order valence-corrected chi connectivity index (χ3v) is 9.20. The Morgan fingerprint density at radius 1 is 0.844 bits per heavy atom. The highest BCUT2D eigenvalue weighted by molar-refractivity contribution is 7.92. The molecule has 0 aliphatic heterocycles. The fourth-order valence-electron chi connectivity index (χ4n) is 4.87. The number of nitrogens with zero attached hydrogens (tertiary/aromatic N) is 2. The fraction of sp³-hybridized carbons (Fsp3) is 0.257. The number of carbonyl (C=O) groups is 2. The van der Waals surface area contributed by atoms with E-state index in [0.29, 0.717) is 28.6 Å². The molecule has 1 atom stereocenters. The van der Waals surface area contributed by atoms with Gasteiger partial charge in [-0.25, -0.2) is 8.42 Å². The van der Waals surface area contributed by atoms with E-state index in [0.717, 1.165) is 9.87 Å². The third-order valence-electron chi connectivity index (χ3n) is 7.05. The minimum atomic E-state index is -4.22. The summed E-state index contributed by atoms with van der Waals surface area (Å²) in [6.45, 7) is 5.41. The molecule has 2 amide bonds. The number of nitrogens with one attached hydrogen (secondary N) is 1. The van der Waals surface area contributed by atoms with Gasteiger partial charge in [-0.3, -0.25) is 13.9 Å². The molecule has 0 saturated carbocycles. The average Bonchev–Trinajstić information content (AvgIpc) is 3.03. The molecule has 0 unspecified atom stereocenters. The van der Waals surface area contributed by atoms with Crippen LogP contribution in [0.15, 0.2) is 114 Å². The van der Waals surface area contributed by atoms with E-state index in [-0.39, 0.29) is 29.8 Å². The molecule has 0 spiro atoms. The van der Waals surface area contributed by atoms with Crippen LogP contribution in [0.5, 0.6) is 5.75 Å². The number of amides is 2. The number of sulfonamides is 1. The fourth-order valence-corrected chi connectivity index (χ4v) is 6.48. The molecule has 236 valence electrons. The van der Waals surface area contributed by atoms with Crippen molar-refractivity contribution in [2.75, 3.05) is 17.5 Å². The number of rotatable bonds is 14. The van der Waals surface area contributed by atoms with Crippen LogP contribution in [0.2, 0.25) is 5.02 Å². The first-order valence-corrected chi connectivity index (χ1v) is 16.6. The van der Waals surface area contributed by atoms with Crippen molar-refractivity contribution in [3.63, 3.8) is 0 Å². The monoisotopic (exact) mass is 647 g/mol. The summed E-state index contributed by atoms with van der Waals surface area (Å²) in [5.74, 6) is -0.382. The maximum absolute atomic E-state index is 14.5. The lowest BCUT2D eigenvalue weighted by Crippen LogP contribution is -2.54. The zero-order valence-corrected chi connectivity index (χ0v) is 27.2. The Balaban J connectivity index is 1.78. The van der Waals surface area contributed by atoms with Gasteiger partial charge in [-0.05, 0) is 74.4 Å². The summed E-state index contributed by atoms with van der Waals surface area (Å²) >= 11 is 6.54. The molecule has 4 aromatic carbocycles. The smallest absolute Gasteiger partial charge is 0.264 e. The van der Waals surface area contributed by atoms with Crippen molar-refractivity contribution < 1.29 is 22.7 Å². The van der Waals surface area contributed by atoms with Crippen LogP contribution >= 0.6 is 11.6 Å². The van der Waals surface area contributed by atoms with Gasteiger partial charge in [-0.2, -0.15) is 0 Å². The van der Waals surface area contributed by atoms with Gasteiger partial charge < -0.3 is 15.0 Å². The Kier molecular flexibility index (Phi) is 11.6. The molecule has 0 bridgehead atoms. The molecule has 1 N–H and O–H groups in total. The van der Waals surface area contributed by atoms with Gasteiger partial charge in [0.05, 0.1) is 17.2 Å². The number of hydrogen-bond donors (Lipinski definition) is 1. The molecule has 0 aliphatic carbocycles. The van der Waals surface area contributed by atoms with Crippen molar-refractivity contribution in [3.8, 4) is 5.75 Å². The number of halogens is 1. The van der Waals surface area contributed by atoms with E-state index in [1.54, 1.807) is 66.7 Å². The molecule has 0 aliphatic rings. The maximum Gasteiger partial charge on any atom is 0.264 e. The van der Waals surface area contributed by atoms with E-state index in [2.05, 4.69) is 5.32 Å². The number of anilines is 1. The number of ether oxygens (including phenoxy) is 1. The quantitative estimate of drug-likeness (QED) is 0.179. The van der Waals surface area contributed by atoms with Crippen LogP contribution in [0.1, 0.15) is 31.9 Å². The molecule has 0 fully saturated rings. The molecule has 4 rings (SSSR count). The van der Waals surface area contributed by atoms with Crippen LogP contribution in [-0.2, 0) is 32.6 Å². The predicted molar refractivity (Wildman–Crippen MR) is 178 cm³/mol. The van der Waals surface area contributed by atoms with E-state index >= 15 is 0 Å². The highest BCUT2D eigenvalue weighted by Crippen LogP contribution is 2.27. The van der Waals surface area contributed by atoms with Gasteiger partial charge in [0.2, 0.25) is 11.8 Å². The van der Waals surface area contributed by atoms with Gasteiger partial charge >= 0.3 is 0 Å². The molecular weight excluding hydrogens is 610 g/mol. The SMILES string of the molecule is CCOc1ccc(S(=O)(=O)N(CC(=O)N(Cc2ccccc2Cl)[C@H](Cc2ccccc2)C(=O)NC(C)C)c2ccccc2)cc1. The van der Waals surface area contributed by atoms with E-state index in [4.69, 9.17) is 16.3 Å². The van der Waals surface area contributed by atoms with Crippen molar-refractivity contribution in [1.82, 2.24) is 10.2 Å². The zero-order valence-electron chi connectivity index (χ0n) is 25.6. The Labute approximate surface area is 270 Å². The maximum atomic E-state index is 14.5. The van der Waals surface area contributed by atoms with E-state index in [1.165, 1.54) is 17.0 Å². The second-order valence-corrected chi connectivity index (χ2v) is 13.0. The number of hydrogen-bond acceptors (Lipinski definition) is 5. The summed E-state index contributed by atoms with van der Waals surface area (Å²) in [7, 11) is -4.22. The summed E-state index contributed by atoms with van der Waals surface area (Å²) in [5, 5.41) is 3.38. The first kappa shape index (κ1) is 33.6. The van der Waals surface area contributed by atoms with Crippen molar-refractivity contribution in [2.24, 2.45) is 0 Å². The molecule has 0 aromatic heterocycles. The Bertz CT molecular complexity index is 1670. The lowest BCUT2D eigenvalue weighted by molar-refractivity contribution is -0.140. The summed E-state index contributed by atoms with van der Waals surface area (Å²) in [6.07, 6.45) is 0.215. The van der Waals surface area contributed by atoms with Crippen molar-refractivity contribution in [1.29, 1.82) is 0 Å². The predicted octanol–water partition coefficient (Wildman–Crippen LogP) is 6.10. The standard InChI is InChI=1S/C35H38ClN3O5S/c1-4-44-30-19-21-31(22-20-30)45(42,43)39(29-16-9-6-10-17-29)25-34(40)38(24-28-15-11-12-18-32(28)36)33(35(41)37-26(2)3)23-27-13-7-5-8-14-27/h5-22,26,33H,4,23-25H2,1-3H3,(H,37,41)/t33-/m1/s1. The second-order valence-electron chi connectivity index (χ2n) is 10.7. The van der Waals surface area contributed by atoms with Gasteiger partial charge in [0.15, 0.2) is 0 Å². The summed E-state index contributed by atoms with van der Waals surface area (Å²) in [5.41, 5.74) is 1.78. The third kappa shape index (κ3) is 8.86. The highest BCUT2D eigenvalue weighted by atomic mass is 35.5. The van der Waals surface area contributed by atoms with Crippen molar-refractivity contribution in [3.05, 3.63) is 125 Å². The van der Waals surface area contributed by atoms with Gasteiger partial charge in [0.25, 0.3) is 10.0 Å². The minimum absolute atomic E-state index is 0.00125. The molecule has 4 aromatic rings. The molecule has 0 radical (unpaired) electrons. The Hall–Kier alpha value is -4.34. The minimum Gasteiger partial charge on any atom is -0.494 e. The van der Waals surface area contributed by atoms with E-state index < -0.39 is 28.5 Å². The van der Waals surface area contributed by atoms with Crippen LogP contribution in [0.3, 0.4) is 0 Å². The Morgan fingerprint density at radius 3 is 2.04 bits per heavy atom. The molecule has 0 saturated heterocycles. The van der Waals surface area contributed by atoms with Gasteiger partial charge in [0, 0.05) is 24.0 Å². The largest absolute Gasteiger partial charge is 0.494 e. The van der Waals surface area contributed by atoms with E-state index in [1.807, 2.05) is 51.1 Å². The van der Waals surface area contributed by atoms with Crippen LogP contribution < -0.4 is 14.4 Å². The van der Waals surface area contributed by atoms with Gasteiger partial charge in [-0.15, -0.1) is 0 Å². The van der Waals surface area contributed by atoms with Crippen LogP contribution in [0.4, 0.5) is 5.69 Å². The van der Waals surface area contributed by atoms with Gasteiger partial charge in [-0.1, -0.05) is 78.3 Å². The van der Waals surface area contributed by atoms with Crippen LogP contribution in [0.25, 0.3) is 0 Å². The normalized spacial score (nSPS) is 11.9. The molecule has 45 heavy (non-hydrogen) atoms. The van der Waals surface area contributed by atoms with E-state index in [9.17, 15) is 18.0 Å². The lowest BCUT2D eigenvalue weighted by Gasteiger charge is -2.34. The lowest BCUT2D eigenvalue weighted by atomic mass is 10.0. The second kappa shape index (κ2) is 15.6. The number of carbonyl (C=O) groups excluding carboxylic acids is 2. The Morgan fingerprint density at radius 2 is 1.44 bits per heavy atom. The average molecular weight is 648 g/mol. The summed E-state index contributed by atoms with van der Waals surface area (Å²) < 4.78 is 34.8. The zero-order chi connectivity index (χ0) is 32.4. The molecule has 10 heteroatoms. The molecule has 8 nitrogen and oxygen atoms in total. The summed E-state index contributed by atoms with van der Waals surface area (Å²) in [6, 6.07) is 29.8. The topological polar surface area (TPSA) is 96.0 Å². The van der Waals surface area contributed by atoms with Crippen molar-refractivity contribution >= 4 is 39.1 Å². The van der Waals surface area contributed by atoms with Crippen LogP contribution in [0, 0.1) is 0 Å². The summed E-state index contributed by atoms with van der Waals surface area (Å²) in [4.78, 5) is 29.6.